The molecular weight excluding hydrogens is 248 g/mol. The average Bonchev–Trinajstić information content (AvgIpc) is 2.36. The quantitative estimate of drug-likeness (QED) is 0.644. The minimum absolute atomic E-state index is 0.150. The molecule has 3 N–H and O–H groups in total. The molecule has 0 radical (unpaired) electrons. The Balaban J connectivity index is 2.79. The second-order valence-electron chi connectivity index (χ2n) is 5.50. The monoisotopic (exact) mass is 272 g/mol. The first-order valence-corrected chi connectivity index (χ1v) is 6.66. The van der Waals surface area contributed by atoms with Gasteiger partial charge >= 0.3 is 5.97 Å². The third-order valence-corrected chi connectivity index (χ3v) is 3.68. The maximum Gasteiger partial charge on any atom is 0.326 e. The van der Waals surface area contributed by atoms with Gasteiger partial charge in [-0.2, -0.15) is 0 Å². The van der Waals surface area contributed by atoms with E-state index in [4.69, 9.17) is 9.84 Å². The molecule has 0 aliphatic carbocycles. The zero-order valence-corrected chi connectivity index (χ0v) is 11.9. The molecular formula is C13H24N2O4. The number of carbonyl (C=O) groups excluding carboxylic acids is 1. The van der Waals surface area contributed by atoms with Crippen LogP contribution in [0.2, 0.25) is 0 Å². The number of nitrogens with one attached hydrogen (secondary N) is 2. The van der Waals surface area contributed by atoms with Gasteiger partial charge < -0.3 is 20.5 Å². The molecule has 0 bridgehead atoms. The summed E-state index contributed by atoms with van der Waals surface area (Å²) < 4.78 is 5.17. The lowest BCUT2D eigenvalue weighted by atomic mass is 9.78. The summed E-state index contributed by atoms with van der Waals surface area (Å²) in [7, 11) is 1.56. The molecule has 1 amide bonds. The second kappa shape index (κ2) is 6.86. The second-order valence-corrected chi connectivity index (χ2v) is 5.50. The number of methoxy groups -OCH3 is 1. The van der Waals surface area contributed by atoms with Crippen LogP contribution in [0.25, 0.3) is 0 Å². The summed E-state index contributed by atoms with van der Waals surface area (Å²) >= 11 is 0. The molecule has 1 rings (SSSR count). The van der Waals surface area contributed by atoms with Gasteiger partial charge in [0.05, 0.1) is 12.0 Å². The van der Waals surface area contributed by atoms with Crippen molar-refractivity contribution < 1.29 is 19.4 Å². The lowest BCUT2D eigenvalue weighted by Crippen LogP contribution is -2.55. The van der Waals surface area contributed by atoms with Gasteiger partial charge in [-0.15, -0.1) is 0 Å². The third-order valence-electron chi connectivity index (χ3n) is 3.68. The van der Waals surface area contributed by atoms with Crippen LogP contribution >= 0.6 is 0 Å². The summed E-state index contributed by atoms with van der Waals surface area (Å²) in [5, 5.41) is 15.0. The standard InChI is InChI=1S/C13H24N2O4/c1-9(2)10(11(16)17)15-12(18)13(8-19-3)4-6-14-7-5-13/h9-10,14H,4-8H2,1-3H3,(H,15,18)(H,16,17)/t10-/m0/s1. The van der Waals surface area contributed by atoms with Crippen LogP contribution in [0, 0.1) is 11.3 Å². The fourth-order valence-corrected chi connectivity index (χ4v) is 2.43. The Hall–Kier alpha value is -1.14. The number of hydrogen-bond acceptors (Lipinski definition) is 4. The van der Waals surface area contributed by atoms with E-state index in [0.29, 0.717) is 19.4 Å². The normalized spacial score (nSPS) is 20.0. The van der Waals surface area contributed by atoms with Gasteiger partial charge in [0.1, 0.15) is 6.04 Å². The van der Waals surface area contributed by atoms with Crippen LogP contribution in [0.3, 0.4) is 0 Å². The number of amides is 1. The molecule has 1 heterocycles. The SMILES string of the molecule is COCC1(C(=O)N[C@H](C(=O)O)C(C)C)CCNCC1. The zero-order valence-electron chi connectivity index (χ0n) is 11.9. The van der Waals surface area contributed by atoms with Gasteiger partial charge in [-0.3, -0.25) is 4.79 Å². The van der Waals surface area contributed by atoms with Crippen molar-refractivity contribution in [2.24, 2.45) is 11.3 Å². The predicted molar refractivity (Wildman–Crippen MR) is 70.8 cm³/mol. The van der Waals surface area contributed by atoms with Crippen molar-refractivity contribution in [1.82, 2.24) is 10.6 Å². The van der Waals surface area contributed by atoms with Crippen LogP contribution in [0.1, 0.15) is 26.7 Å². The number of carboxylic acids is 1. The molecule has 1 aliphatic rings. The number of ether oxygens (including phenoxy) is 1. The Morgan fingerprint density at radius 2 is 1.95 bits per heavy atom. The van der Waals surface area contributed by atoms with Crippen molar-refractivity contribution >= 4 is 11.9 Å². The van der Waals surface area contributed by atoms with Gasteiger partial charge in [0.15, 0.2) is 0 Å². The van der Waals surface area contributed by atoms with Gasteiger partial charge in [-0.25, -0.2) is 4.79 Å². The number of carboxylic acid groups (broad SMARTS) is 1. The fraction of sp³-hybridized carbons (Fsp3) is 0.846. The topological polar surface area (TPSA) is 87.7 Å². The van der Waals surface area contributed by atoms with E-state index >= 15 is 0 Å². The van der Waals surface area contributed by atoms with E-state index in [1.54, 1.807) is 21.0 Å². The van der Waals surface area contributed by atoms with Gasteiger partial charge in [-0.1, -0.05) is 13.8 Å². The summed E-state index contributed by atoms with van der Waals surface area (Å²) in [4.78, 5) is 23.6. The molecule has 6 heteroatoms. The molecule has 1 fully saturated rings. The van der Waals surface area contributed by atoms with E-state index in [0.717, 1.165) is 13.1 Å². The Labute approximate surface area is 113 Å². The number of rotatable bonds is 6. The summed E-state index contributed by atoms with van der Waals surface area (Å²) in [6, 6.07) is -0.851. The molecule has 110 valence electrons. The highest BCUT2D eigenvalue weighted by molar-refractivity contribution is 5.87. The molecule has 1 saturated heterocycles. The Kier molecular flexibility index (Phi) is 5.75. The average molecular weight is 272 g/mol. The number of carbonyl (C=O) groups is 2. The highest BCUT2D eigenvalue weighted by Gasteiger charge is 2.41. The van der Waals surface area contributed by atoms with Crippen molar-refractivity contribution in [3.8, 4) is 0 Å². The van der Waals surface area contributed by atoms with Crippen LogP contribution in [0.15, 0.2) is 0 Å². The Morgan fingerprint density at radius 1 is 1.37 bits per heavy atom. The first-order valence-electron chi connectivity index (χ1n) is 6.66. The first-order chi connectivity index (χ1) is 8.93. The minimum Gasteiger partial charge on any atom is -0.480 e. The number of piperidine rings is 1. The molecule has 0 saturated carbocycles. The fourth-order valence-electron chi connectivity index (χ4n) is 2.43. The van der Waals surface area contributed by atoms with Gasteiger partial charge in [-0.05, 0) is 31.8 Å². The van der Waals surface area contributed by atoms with E-state index < -0.39 is 17.4 Å². The lowest BCUT2D eigenvalue weighted by molar-refractivity contribution is -0.147. The first kappa shape index (κ1) is 15.9. The molecule has 19 heavy (non-hydrogen) atoms. The van der Waals surface area contributed by atoms with E-state index in [1.807, 2.05) is 0 Å². The summed E-state index contributed by atoms with van der Waals surface area (Å²) in [6.45, 7) is 5.38. The van der Waals surface area contributed by atoms with E-state index in [2.05, 4.69) is 10.6 Å². The van der Waals surface area contributed by atoms with Crippen LogP contribution in [0.4, 0.5) is 0 Å². The van der Waals surface area contributed by atoms with Crippen molar-refractivity contribution in [2.45, 2.75) is 32.7 Å². The molecule has 0 aromatic heterocycles. The predicted octanol–water partition coefficient (Wildman–Crippen LogP) is 0.228. The molecule has 1 atom stereocenters. The van der Waals surface area contributed by atoms with Crippen LogP contribution < -0.4 is 10.6 Å². The number of aliphatic carboxylic acids is 1. The molecule has 0 unspecified atom stereocenters. The van der Waals surface area contributed by atoms with Gasteiger partial charge in [0, 0.05) is 7.11 Å². The van der Waals surface area contributed by atoms with Crippen LogP contribution in [-0.2, 0) is 14.3 Å². The summed E-state index contributed by atoms with van der Waals surface area (Å²) in [5.41, 5.74) is -0.609. The van der Waals surface area contributed by atoms with Crippen molar-refractivity contribution in [3.05, 3.63) is 0 Å². The molecule has 0 aromatic rings. The van der Waals surface area contributed by atoms with E-state index in [9.17, 15) is 9.59 Å². The zero-order chi connectivity index (χ0) is 14.5. The Bertz CT molecular complexity index is 319. The number of hydrogen-bond donors (Lipinski definition) is 3. The molecule has 0 spiro atoms. The molecule has 6 nitrogen and oxygen atoms in total. The van der Waals surface area contributed by atoms with Crippen molar-refractivity contribution in [2.75, 3.05) is 26.8 Å². The van der Waals surface area contributed by atoms with Crippen LogP contribution in [0.5, 0.6) is 0 Å². The summed E-state index contributed by atoms with van der Waals surface area (Å²) in [6.07, 6.45) is 1.33. The Morgan fingerprint density at radius 3 is 2.37 bits per heavy atom. The maximum absolute atomic E-state index is 12.4. The highest BCUT2D eigenvalue weighted by atomic mass is 16.5. The highest BCUT2D eigenvalue weighted by Crippen LogP contribution is 2.29. The van der Waals surface area contributed by atoms with Gasteiger partial charge in [0.2, 0.25) is 5.91 Å². The van der Waals surface area contributed by atoms with Crippen molar-refractivity contribution in [1.29, 1.82) is 0 Å². The van der Waals surface area contributed by atoms with Crippen LogP contribution in [-0.4, -0.2) is 49.8 Å². The minimum atomic E-state index is -0.996. The molecule has 1 aliphatic heterocycles. The largest absolute Gasteiger partial charge is 0.480 e. The van der Waals surface area contributed by atoms with Gasteiger partial charge in [0.25, 0.3) is 0 Å². The van der Waals surface area contributed by atoms with E-state index in [-0.39, 0.29) is 11.8 Å². The smallest absolute Gasteiger partial charge is 0.326 e. The lowest BCUT2D eigenvalue weighted by Gasteiger charge is -2.36. The van der Waals surface area contributed by atoms with E-state index in [1.165, 1.54) is 0 Å². The maximum atomic E-state index is 12.4. The molecule has 0 aromatic carbocycles. The van der Waals surface area contributed by atoms with Crippen molar-refractivity contribution in [3.63, 3.8) is 0 Å². The third kappa shape index (κ3) is 3.91. The summed E-state index contributed by atoms with van der Waals surface area (Å²) in [5.74, 6) is -1.36.